The van der Waals surface area contributed by atoms with Crippen LogP contribution < -0.4 is 0 Å². The van der Waals surface area contributed by atoms with Crippen molar-refractivity contribution in [2.75, 3.05) is 0 Å². The van der Waals surface area contributed by atoms with Gasteiger partial charge in [0.25, 0.3) is 0 Å². The highest BCUT2D eigenvalue weighted by atomic mass is 16.5. The third-order valence-corrected chi connectivity index (χ3v) is 1.24. The maximum Gasteiger partial charge on any atom is 0.141 e. The molecule has 0 aliphatic rings. The molecule has 3 nitrogen and oxygen atoms in total. The predicted molar refractivity (Wildman–Crippen MR) is 38.6 cm³/mol. The molecule has 1 atom stereocenters. The Balaban J connectivity index is 2.30. The van der Waals surface area contributed by atoms with Gasteiger partial charge in [-0.3, -0.25) is 0 Å². The van der Waals surface area contributed by atoms with Crippen LogP contribution in [0.1, 0.15) is 12.7 Å². The van der Waals surface area contributed by atoms with Crippen LogP contribution in [0.5, 0.6) is 0 Å². The number of rotatable bonds is 3. The first kappa shape index (κ1) is 7.83. The van der Waals surface area contributed by atoms with E-state index in [2.05, 4.69) is 0 Å². The zero-order valence-corrected chi connectivity index (χ0v) is 6.28. The number of furan rings is 1. The van der Waals surface area contributed by atoms with Crippen LogP contribution in [-0.2, 0) is 11.3 Å². The molecule has 0 fully saturated rings. The Morgan fingerprint density at radius 1 is 1.82 bits per heavy atom. The van der Waals surface area contributed by atoms with E-state index in [4.69, 9.17) is 14.4 Å². The highest BCUT2D eigenvalue weighted by Crippen LogP contribution is 2.03. The van der Waals surface area contributed by atoms with Crippen LogP contribution in [0.25, 0.3) is 0 Å². The molecule has 1 heterocycles. The summed E-state index contributed by atoms with van der Waals surface area (Å²) in [5, 5.41) is 8.36. The molecule has 1 aromatic heterocycles. The van der Waals surface area contributed by atoms with Crippen molar-refractivity contribution >= 4 is 0 Å². The quantitative estimate of drug-likeness (QED) is 0.660. The van der Waals surface area contributed by atoms with Gasteiger partial charge < -0.3 is 9.15 Å². The second-order valence-electron chi connectivity index (χ2n) is 2.16. The van der Waals surface area contributed by atoms with Gasteiger partial charge in [0.15, 0.2) is 0 Å². The fraction of sp³-hybridized carbons (Fsp3) is 0.375. The Morgan fingerprint density at radius 3 is 3.18 bits per heavy atom. The van der Waals surface area contributed by atoms with Gasteiger partial charge in [0.2, 0.25) is 0 Å². The van der Waals surface area contributed by atoms with Gasteiger partial charge in [-0.25, -0.2) is 0 Å². The van der Waals surface area contributed by atoms with Crippen LogP contribution in [-0.4, -0.2) is 6.10 Å². The van der Waals surface area contributed by atoms with Gasteiger partial charge in [-0.05, 0) is 19.1 Å². The molecular weight excluding hydrogens is 142 g/mol. The van der Waals surface area contributed by atoms with Crippen molar-refractivity contribution in [1.29, 1.82) is 5.26 Å². The Labute approximate surface area is 65.2 Å². The Bertz CT molecular complexity index is 235. The molecule has 3 heteroatoms. The van der Waals surface area contributed by atoms with E-state index in [1.165, 1.54) is 0 Å². The van der Waals surface area contributed by atoms with Gasteiger partial charge in [0.1, 0.15) is 18.5 Å². The van der Waals surface area contributed by atoms with Crippen LogP contribution in [0.15, 0.2) is 22.8 Å². The van der Waals surface area contributed by atoms with Gasteiger partial charge in [0.05, 0.1) is 12.3 Å². The number of nitrogens with zero attached hydrogens (tertiary/aromatic N) is 1. The summed E-state index contributed by atoms with van der Waals surface area (Å²) in [4.78, 5) is 0. The molecule has 58 valence electrons. The first-order valence-corrected chi connectivity index (χ1v) is 3.36. The molecule has 0 aromatic carbocycles. The summed E-state index contributed by atoms with van der Waals surface area (Å²) in [6, 6.07) is 5.56. The van der Waals surface area contributed by atoms with Crippen LogP contribution >= 0.6 is 0 Å². The van der Waals surface area contributed by atoms with Crippen molar-refractivity contribution in [3.05, 3.63) is 24.2 Å². The monoisotopic (exact) mass is 151 g/mol. The van der Waals surface area contributed by atoms with Gasteiger partial charge in [0, 0.05) is 0 Å². The van der Waals surface area contributed by atoms with Crippen LogP contribution in [0.4, 0.5) is 0 Å². The highest BCUT2D eigenvalue weighted by Gasteiger charge is 2.00. The van der Waals surface area contributed by atoms with Gasteiger partial charge >= 0.3 is 0 Å². The summed E-state index contributed by atoms with van der Waals surface area (Å²) in [7, 11) is 0. The molecule has 1 aromatic rings. The first-order chi connectivity index (χ1) is 5.33. The number of hydrogen-bond donors (Lipinski definition) is 0. The molecule has 0 N–H and O–H groups in total. The van der Waals surface area contributed by atoms with Crippen molar-refractivity contribution in [3.63, 3.8) is 0 Å². The lowest BCUT2D eigenvalue weighted by molar-refractivity contribution is 0.0761. The van der Waals surface area contributed by atoms with Gasteiger partial charge in [-0.15, -0.1) is 0 Å². The molecule has 11 heavy (non-hydrogen) atoms. The Hall–Kier alpha value is -1.27. The third kappa shape index (κ3) is 2.44. The zero-order valence-electron chi connectivity index (χ0n) is 6.28. The summed E-state index contributed by atoms with van der Waals surface area (Å²) >= 11 is 0. The first-order valence-electron chi connectivity index (χ1n) is 3.36. The summed E-state index contributed by atoms with van der Waals surface area (Å²) in [6.07, 6.45) is 1.20. The molecule has 0 bridgehead atoms. The topological polar surface area (TPSA) is 46.2 Å². The fourth-order valence-electron chi connectivity index (χ4n) is 0.639. The second kappa shape index (κ2) is 3.79. The molecule has 1 unspecified atom stereocenters. The largest absolute Gasteiger partial charge is 0.467 e. The van der Waals surface area contributed by atoms with Crippen molar-refractivity contribution in [1.82, 2.24) is 0 Å². The van der Waals surface area contributed by atoms with Gasteiger partial charge in [-0.2, -0.15) is 5.26 Å². The maximum atomic E-state index is 8.36. The molecule has 1 rings (SSSR count). The molecule has 0 amide bonds. The van der Waals surface area contributed by atoms with Crippen LogP contribution in [0.2, 0.25) is 0 Å². The summed E-state index contributed by atoms with van der Waals surface area (Å²) in [5.74, 6) is 0.743. The summed E-state index contributed by atoms with van der Waals surface area (Å²) in [6.45, 7) is 2.06. The molecule has 0 saturated heterocycles. The lowest BCUT2D eigenvalue weighted by Crippen LogP contribution is -2.03. The Kier molecular flexibility index (Phi) is 2.70. The van der Waals surface area contributed by atoms with Crippen LogP contribution in [0, 0.1) is 11.3 Å². The highest BCUT2D eigenvalue weighted by molar-refractivity contribution is 4.96. The van der Waals surface area contributed by atoms with Crippen molar-refractivity contribution in [2.45, 2.75) is 19.6 Å². The smallest absolute Gasteiger partial charge is 0.141 e. The predicted octanol–water partition coefficient (Wildman–Crippen LogP) is 1.71. The van der Waals surface area contributed by atoms with E-state index in [0.717, 1.165) is 5.76 Å². The summed E-state index contributed by atoms with van der Waals surface area (Å²) in [5.41, 5.74) is 0. The minimum Gasteiger partial charge on any atom is -0.467 e. The standard InChI is InChI=1S/C8H9NO2/c1-7(5-9)11-6-8-3-2-4-10-8/h2-4,7H,6H2,1H3. The lowest BCUT2D eigenvalue weighted by Gasteiger charge is -2.01. The maximum absolute atomic E-state index is 8.36. The SMILES string of the molecule is CC(C#N)OCc1ccco1. The zero-order chi connectivity index (χ0) is 8.10. The number of hydrogen-bond acceptors (Lipinski definition) is 3. The minimum absolute atomic E-state index is 0.363. The van der Waals surface area contributed by atoms with E-state index in [-0.39, 0.29) is 6.10 Å². The number of nitriles is 1. The van der Waals surface area contributed by atoms with E-state index < -0.39 is 0 Å². The lowest BCUT2D eigenvalue weighted by atomic mass is 10.4. The normalized spacial score (nSPS) is 12.4. The average molecular weight is 151 g/mol. The van der Waals surface area contributed by atoms with Crippen molar-refractivity contribution in [2.24, 2.45) is 0 Å². The van der Waals surface area contributed by atoms with E-state index in [1.807, 2.05) is 12.1 Å². The molecule has 0 saturated carbocycles. The molecular formula is C8H9NO2. The van der Waals surface area contributed by atoms with E-state index in [9.17, 15) is 0 Å². The molecule has 0 radical (unpaired) electrons. The van der Waals surface area contributed by atoms with E-state index in [0.29, 0.717) is 6.61 Å². The molecule has 0 aliphatic carbocycles. The minimum atomic E-state index is -0.375. The second-order valence-corrected chi connectivity index (χ2v) is 2.16. The average Bonchev–Trinajstić information content (AvgIpc) is 2.52. The fourth-order valence-corrected chi connectivity index (χ4v) is 0.639. The van der Waals surface area contributed by atoms with Crippen molar-refractivity contribution in [3.8, 4) is 6.07 Å². The number of ether oxygens (including phenoxy) is 1. The van der Waals surface area contributed by atoms with E-state index >= 15 is 0 Å². The summed E-state index contributed by atoms with van der Waals surface area (Å²) < 4.78 is 10.1. The van der Waals surface area contributed by atoms with Crippen molar-refractivity contribution < 1.29 is 9.15 Å². The van der Waals surface area contributed by atoms with E-state index in [1.54, 1.807) is 19.3 Å². The molecule has 0 aliphatic heterocycles. The Morgan fingerprint density at radius 2 is 2.64 bits per heavy atom. The van der Waals surface area contributed by atoms with Crippen LogP contribution in [0.3, 0.4) is 0 Å². The van der Waals surface area contributed by atoms with Gasteiger partial charge in [-0.1, -0.05) is 0 Å². The third-order valence-electron chi connectivity index (χ3n) is 1.24. The molecule has 0 spiro atoms.